The van der Waals surface area contributed by atoms with E-state index in [0.717, 1.165) is 25.0 Å². The van der Waals surface area contributed by atoms with Gasteiger partial charge in [0.2, 0.25) is 5.91 Å². The van der Waals surface area contributed by atoms with E-state index in [1.54, 1.807) is 10.9 Å². The average molecular weight is 237 g/mol. The Morgan fingerprint density at radius 2 is 2.41 bits per heavy atom. The summed E-state index contributed by atoms with van der Waals surface area (Å²) in [5.41, 5.74) is 0.690. The molecule has 0 unspecified atom stereocenters. The molecule has 0 spiro atoms. The van der Waals surface area contributed by atoms with Gasteiger partial charge in [0.1, 0.15) is 11.5 Å². The quantitative estimate of drug-likeness (QED) is 0.731. The van der Waals surface area contributed by atoms with Gasteiger partial charge < -0.3 is 15.6 Å². The minimum absolute atomic E-state index is 0.0891. The smallest absolute Gasteiger partial charge is 0.229 e. The second-order valence-corrected chi connectivity index (χ2v) is 3.88. The zero-order valence-electron chi connectivity index (χ0n) is 10.5. The van der Waals surface area contributed by atoms with Crippen LogP contribution in [-0.4, -0.2) is 35.5 Å². The molecular formula is C11H19N5O. The van der Waals surface area contributed by atoms with Gasteiger partial charge in [-0.3, -0.25) is 9.48 Å². The lowest BCUT2D eigenvalue weighted by atomic mass is 10.3. The molecule has 1 rings (SSSR count). The van der Waals surface area contributed by atoms with Gasteiger partial charge in [0.15, 0.2) is 0 Å². The van der Waals surface area contributed by atoms with Crippen molar-refractivity contribution in [3.05, 3.63) is 6.20 Å². The molecule has 94 valence electrons. The number of hydrogen-bond donors (Lipinski definition) is 2. The predicted molar refractivity (Wildman–Crippen MR) is 68.8 cm³/mol. The Labute approximate surface area is 101 Å². The van der Waals surface area contributed by atoms with E-state index in [0.29, 0.717) is 5.69 Å². The summed E-state index contributed by atoms with van der Waals surface area (Å²) in [6, 6.07) is 0. The number of anilines is 2. The number of carbonyl (C=O) groups excluding carboxylic acids is 1. The maximum Gasteiger partial charge on any atom is 0.229 e. The Morgan fingerprint density at radius 3 is 3.00 bits per heavy atom. The molecule has 0 fully saturated rings. The van der Waals surface area contributed by atoms with E-state index in [2.05, 4.69) is 17.3 Å². The third-order valence-corrected chi connectivity index (χ3v) is 2.39. The van der Waals surface area contributed by atoms with Gasteiger partial charge >= 0.3 is 0 Å². The van der Waals surface area contributed by atoms with Crippen LogP contribution in [0.25, 0.3) is 0 Å². The Morgan fingerprint density at radius 1 is 1.71 bits per heavy atom. The highest BCUT2D eigenvalue weighted by Crippen LogP contribution is 2.23. The van der Waals surface area contributed by atoms with Gasteiger partial charge in [0.25, 0.3) is 0 Å². The number of aromatic nitrogens is 2. The van der Waals surface area contributed by atoms with E-state index in [1.807, 2.05) is 19.0 Å². The van der Waals surface area contributed by atoms with E-state index in [4.69, 9.17) is 5.41 Å². The lowest BCUT2D eigenvalue weighted by Crippen LogP contribution is -2.23. The molecule has 0 aliphatic heterocycles. The van der Waals surface area contributed by atoms with Crippen LogP contribution in [0.2, 0.25) is 0 Å². The number of nitrogens with one attached hydrogen (secondary N) is 2. The Hall–Kier alpha value is -1.85. The van der Waals surface area contributed by atoms with Crippen molar-refractivity contribution >= 4 is 23.6 Å². The van der Waals surface area contributed by atoms with E-state index < -0.39 is 0 Å². The molecule has 17 heavy (non-hydrogen) atoms. The molecule has 1 heterocycles. The van der Waals surface area contributed by atoms with Gasteiger partial charge in [-0.25, -0.2) is 0 Å². The second kappa shape index (κ2) is 6.03. The van der Waals surface area contributed by atoms with Crippen LogP contribution in [0.3, 0.4) is 0 Å². The molecule has 6 heteroatoms. The molecule has 0 radical (unpaired) electrons. The zero-order valence-corrected chi connectivity index (χ0v) is 10.5. The predicted octanol–water partition coefficient (Wildman–Crippen LogP) is 1.24. The number of nitrogens with zero attached hydrogens (tertiary/aromatic N) is 3. The number of amides is 1. The van der Waals surface area contributed by atoms with Crippen molar-refractivity contribution in [1.82, 2.24) is 9.78 Å². The first kappa shape index (κ1) is 13.2. The summed E-state index contributed by atoms with van der Waals surface area (Å²) in [5, 5.41) is 13.8. The first-order valence-corrected chi connectivity index (χ1v) is 5.62. The number of rotatable bonds is 6. The lowest BCUT2D eigenvalue weighted by Gasteiger charge is -2.20. The summed E-state index contributed by atoms with van der Waals surface area (Å²) in [5.74, 6) is 0.685. The molecule has 1 aromatic heterocycles. The van der Waals surface area contributed by atoms with Gasteiger partial charge in [0.05, 0.1) is 12.6 Å². The maximum absolute atomic E-state index is 11.4. The summed E-state index contributed by atoms with van der Waals surface area (Å²) in [7, 11) is 3.81. The fourth-order valence-electron chi connectivity index (χ4n) is 1.71. The second-order valence-electron chi connectivity index (χ2n) is 3.88. The first-order valence-electron chi connectivity index (χ1n) is 5.62. The van der Waals surface area contributed by atoms with E-state index >= 15 is 0 Å². The first-order chi connectivity index (χ1) is 8.10. The molecule has 1 amide bonds. The summed E-state index contributed by atoms with van der Waals surface area (Å²) in [6.45, 7) is 2.99. The van der Waals surface area contributed by atoms with Crippen molar-refractivity contribution in [2.45, 2.75) is 19.8 Å². The Bertz CT molecular complexity index is 399. The fourth-order valence-corrected chi connectivity index (χ4v) is 1.71. The molecule has 1 aromatic rings. The standard InChI is InChI=1S/C11H19N5O/c1-4-7-15(2)11-9(8-13-16(11)3)14-10(17)5-6-12/h6,8,12H,4-5,7H2,1-3H3,(H,14,17). The molecule has 0 aliphatic carbocycles. The third-order valence-electron chi connectivity index (χ3n) is 2.39. The molecular weight excluding hydrogens is 218 g/mol. The monoisotopic (exact) mass is 237 g/mol. The molecule has 0 bridgehead atoms. The van der Waals surface area contributed by atoms with Gasteiger partial charge in [-0.1, -0.05) is 6.92 Å². The largest absolute Gasteiger partial charge is 0.358 e. The molecule has 0 aromatic carbocycles. The maximum atomic E-state index is 11.4. The van der Waals surface area contributed by atoms with Crippen molar-refractivity contribution in [2.75, 3.05) is 23.8 Å². The molecule has 0 saturated heterocycles. The normalized spacial score (nSPS) is 10.1. The third kappa shape index (κ3) is 3.30. The summed E-state index contributed by atoms with van der Waals surface area (Å²) >= 11 is 0. The van der Waals surface area contributed by atoms with Crippen LogP contribution in [0.15, 0.2) is 6.20 Å². The number of carbonyl (C=O) groups is 1. The molecule has 2 N–H and O–H groups in total. The topological polar surface area (TPSA) is 74.0 Å². The minimum atomic E-state index is -0.195. The average Bonchev–Trinajstić information content (AvgIpc) is 2.60. The molecule has 0 aliphatic rings. The van der Waals surface area contributed by atoms with Crippen molar-refractivity contribution in [3.63, 3.8) is 0 Å². The van der Waals surface area contributed by atoms with Crippen LogP contribution < -0.4 is 10.2 Å². The van der Waals surface area contributed by atoms with Crippen molar-refractivity contribution < 1.29 is 4.79 Å². The lowest BCUT2D eigenvalue weighted by molar-refractivity contribution is -0.115. The van der Waals surface area contributed by atoms with E-state index in [-0.39, 0.29) is 12.3 Å². The molecule has 0 atom stereocenters. The van der Waals surface area contributed by atoms with Crippen LogP contribution in [0.5, 0.6) is 0 Å². The Kier molecular flexibility index (Phi) is 4.68. The highest BCUT2D eigenvalue weighted by Gasteiger charge is 2.14. The fraction of sp³-hybridized carbons (Fsp3) is 0.545. The zero-order chi connectivity index (χ0) is 12.8. The van der Waals surface area contributed by atoms with E-state index in [9.17, 15) is 4.79 Å². The Balaban J connectivity index is 2.85. The van der Waals surface area contributed by atoms with Crippen LogP contribution in [0, 0.1) is 5.41 Å². The van der Waals surface area contributed by atoms with Gasteiger partial charge in [-0.05, 0) is 6.42 Å². The summed E-state index contributed by atoms with van der Waals surface area (Å²) < 4.78 is 1.73. The molecule has 6 nitrogen and oxygen atoms in total. The van der Waals surface area contributed by atoms with E-state index in [1.165, 1.54) is 0 Å². The van der Waals surface area contributed by atoms with Gasteiger partial charge in [0, 0.05) is 26.9 Å². The SMILES string of the molecule is CCCN(C)c1c(NC(=O)CC=N)cnn1C. The highest BCUT2D eigenvalue weighted by atomic mass is 16.1. The van der Waals surface area contributed by atoms with Crippen LogP contribution >= 0.6 is 0 Å². The number of hydrogen-bond acceptors (Lipinski definition) is 4. The summed E-state index contributed by atoms with van der Waals surface area (Å²) in [4.78, 5) is 13.5. The highest BCUT2D eigenvalue weighted by molar-refractivity contribution is 6.00. The van der Waals surface area contributed by atoms with Crippen LogP contribution in [0.1, 0.15) is 19.8 Å². The summed E-state index contributed by atoms with van der Waals surface area (Å²) in [6.07, 6.45) is 3.83. The molecule has 0 saturated carbocycles. The van der Waals surface area contributed by atoms with Gasteiger partial charge in [-0.15, -0.1) is 0 Å². The minimum Gasteiger partial charge on any atom is -0.358 e. The van der Waals surface area contributed by atoms with Crippen molar-refractivity contribution in [3.8, 4) is 0 Å². The van der Waals surface area contributed by atoms with Gasteiger partial charge in [-0.2, -0.15) is 5.10 Å². The van der Waals surface area contributed by atoms with Crippen molar-refractivity contribution in [1.29, 1.82) is 5.41 Å². The number of aryl methyl sites for hydroxylation is 1. The van der Waals surface area contributed by atoms with Crippen LogP contribution in [-0.2, 0) is 11.8 Å². The van der Waals surface area contributed by atoms with Crippen molar-refractivity contribution in [2.24, 2.45) is 7.05 Å². The van der Waals surface area contributed by atoms with Crippen LogP contribution in [0.4, 0.5) is 11.5 Å².